The molecule has 2 aromatic heterocycles. The van der Waals surface area contributed by atoms with Crippen LogP contribution in [0.1, 0.15) is 24.5 Å². The van der Waals surface area contributed by atoms with Crippen LogP contribution in [-0.4, -0.2) is 38.1 Å². The molecule has 0 saturated carbocycles. The number of thioether (sulfide) groups is 1. The summed E-state index contributed by atoms with van der Waals surface area (Å²) >= 11 is 6.35. The molecule has 0 spiro atoms. The molecule has 0 aliphatic carbocycles. The number of pyridine rings is 1. The average Bonchev–Trinajstić information content (AvgIpc) is 2.83. The smallest absolute Gasteiger partial charge is 0.267 e. The lowest BCUT2D eigenvalue weighted by molar-refractivity contribution is -0.121. The fraction of sp³-hybridized carbons (Fsp3) is 0.294. The molecule has 0 bridgehead atoms. The third-order valence-electron chi connectivity index (χ3n) is 3.81. The number of rotatable bonds is 4. The number of likely N-dealkylation sites (N-methyl/N-ethyl adjacent to an activating group) is 1. The van der Waals surface area contributed by atoms with E-state index in [9.17, 15) is 9.59 Å². The van der Waals surface area contributed by atoms with E-state index >= 15 is 0 Å². The Hall–Kier alpha value is -2.19. The molecule has 8 heteroatoms. The van der Waals surface area contributed by atoms with Gasteiger partial charge >= 0.3 is 0 Å². The number of fused-ring (bicyclic) bond motifs is 1. The molecule has 25 heavy (non-hydrogen) atoms. The first-order valence-corrected chi connectivity index (χ1v) is 9.13. The molecule has 2 aromatic rings. The van der Waals surface area contributed by atoms with Crippen molar-refractivity contribution in [1.82, 2.24) is 14.3 Å². The molecule has 0 unspecified atom stereocenters. The second-order valence-electron chi connectivity index (χ2n) is 5.78. The number of aryl methyl sites for hydroxylation is 1. The minimum absolute atomic E-state index is 0.204. The van der Waals surface area contributed by atoms with Crippen LogP contribution >= 0.6 is 24.0 Å². The van der Waals surface area contributed by atoms with Crippen molar-refractivity contribution >= 4 is 51.7 Å². The molecule has 0 radical (unpaired) electrons. The van der Waals surface area contributed by atoms with Crippen molar-refractivity contribution in [1.29, 1.82) is 0 Å². The van der Waals surface area contributed by atoms with Crippen LogP contribution in [0.4, 0.5) is 5.82 Å². The molecule has 1 aliphatic rings. The molecule has 1 N–H and O–H groups in total. The Labute approximate surface area is 154 Å². The lowest BCUT2D eigenvalue weighted by Crippen LogP contribution is -2.23. The van der Waals surface area contributed by atoms with Gasteiger partial charge < -0.3 is 5.32 Å². The zero-order valence-electron chi connectivity index (χ0n) is 14.2. The maximum Gasteiger partial charge on any atom is 0.267 e. The topological polar surface area (TPSA) is 66.7 Å². The van der Waals surface area contributed by atoms with E-state index in [0.717, 1.165) is 12.0 Å². The molecule has 0 aromatic carbocycles. The highest BCUT2D eigenvalue weighted by molar-refractivity contribution is 8.26. The average molecular weight is 374 g/mol. The Morgan fingerprint density at radius 1 is 1.36 bits per heavy atom. The lowest BCUT2D eigenvalue weighted by atomic mass is 10.2. The van der Waals surface area contributed by atoms with Gasteiger partial charge in [-0.3, -0.25) is 18.9 Å². The molecular weight excluding hydrogens is 356 g/mol. The number of thiocarbonyl (C=S) groups is 1. The van der Waals surface area contributed by atoms with Gasteiger partial charge in [-0.05, 0) is 31.1 Å². The van der Waals surface area contributed by atoms with Gasteiger partial charge in [-0.15, -0.1) is 0 Å². The first-order valence-electron chi connectivity index (χ1n) is 7.91. The summed E-state index contributed by atoms with van der Waals surface area (Å²) in [5.41, 5.74) is 1.67. The summed E-state index contributed by atoms with van der Waals surface area (Å²) in [5.74, 6) is 0.280. The summed E-state index contributed by atoms with van der Waals surface area (Å²) in [6.07, 6.45) is 4.23. The number of hydrogen-bond donors (Lipinski definition) is 1. The van der Waals surface area contributed by atoms with Crippen molar-refractivity contribution in [3.05, 3.63) is 44.7 Å². The summed E-state index contributed by atoms with van der Waals surface area (Å²) in [5, 5.41) is 3.19. The quantitative estimate of drug-likeness (QED) is 0.656. The Morgan fingerprint density at radius 3 is 2.76 bits per heavy atom. The van der Waals surface area contributed by atoms with Gasteiger partial charge in [-0.25, -0.2) is 4.98 Å². The van der Waals surface area contributed by atoms with Gasteiger partial charge in [-0.1, -0.05) is 37.0 Å². The van der Waals surface area contributed by atoms with Crippen molar-refractivity contribution in [2.24, 2.45) is 0 Å². The Bertz CT molecular complexity index is 965. The Balaban J connectivity index is 2.21. The van der Waals surface area contributed by atoms with E-state index in [-0.39, 0.29) is 11.5 Å². The number of nitrogens with one attached hydrogen (secondary N) is 1. The summed E-state index contributed by atoms with van der Waals surface area (Å²) in [4.78, 5) is 31.7. The minimum atomic E-state index is -0.214. The number of nitrogens with zero attached hydrogens (tertiary/aromatic N) is 3. The number of aromatic nitrogens is 2. The van der Waals surface area contributed by atoms with Crippen LogP contribution in [0.15, 0.2) is 28.0 Å². The van der Waals surface area contributed by atoms with Crippen molar-refractivity contribution in [3.8, 4) is 0 Å². The number of hydrogen-bond acceptors (Lipinski definition) is 6. The normalized spacial score (nSPS) is 16.3. The standard InChI is InChI=1S/C17H18N4O2S2/c1-4-7-18-14-11(8-12-16(23)20(3)17(24)25-12)15(22)21-9-10(2)5-6-13(21)19-14/h5-6,8-9,18H,4,7H2,1-3H3. The van der Waals surface area contributed by atoms with E-state index in [4.69, 9.17) is 12.2 Å². The largest absolute Gasteiger partial charge is 0.369 e. The highest BCUT2D eigenvalue weighted by Gasteiger charge is 2.29. The zero-order chi connectivity index (χ0) is 18.1. The molecule has 1 saturated heterocycles. The second kappa shape index (κ2) is 6.97. The predicted octanol–water partition coefficient (Wildman–Crippen LogP) is 2.66. The van der Waals surface area contributed by atoms with Gasteiger partial charge in [0.1, 0.15) is 15.8 Å². The van der Waals surface area contributed by atoms with Crippen LogP contribution in [-0.2, 0) is 4.79 Å². The maximum absolute atomic E-state index is 13.0. The number of carbonyl (C=O) groups is 1. The monoisotopic (exact) mass is 374 g/mol. The van der Waals surface area contributed by atoms with E-state index in [1.54, 1.807) is 19.3 Å². The lowest BCUT2D eigenvalue weighted by Gasteiger charge is -2.11. The van der Waals surface area contributed by atoms with Gasteiger partial charge in [0.2, 0.25) is 0 Å². The van der Waals surface area contributed by atoms with Crippen LogP contribution in [0.5, 0.6) is 0 Å². The molecule has 130 valence electrons. The molecule has 1 amide bonds. The number of amides is 1. The van der Waals surface area contributed by atoms with E-state index < -0.39 is 0 Å². The van der Waals surface area contributed by atoms with Gasteiger partial charge in [0, 0.05) is 19.8 Å². The Kier molecular flexibility index (Phi) is 4.91. The van der Waals surface area contributed by atoms with Crippen molar-refractivity contribution in [2.75, 3.05) is 18.9 Å². The summed E-state index contributed by atoms with van der Waals surface area (Å²) in [6, 6.07) is 3.72. The predicted molar refractivity (Wildman–Crippen MR) is 106 cm³/mol. The van der Waals surface area contributed by atoms with E-state index in [1.807, 2.05) is 26.0 Å². The van der Waals surface area contributed by atoms with Gasteiger partial charge in [0.25, 0.3) is 11.5 Å². The van der Waals surface area contributed by atoms with Gasteiger partial charge in [-0.2, -0.15) is 0 Å². The van der Waals surface area contributed by atoms with E-state index in [0.29, 0.717) is 32.8 Å². The van der Waals surface area contributed by atoms with Crippen molar-refractivity contribution in [2.45, 2.75) is 20.3 Å². The van der Waals surface area contributed by atoms with Crippen LogP contribution in [0.2, 0.25) is 0 Å². The fourth-order valence-corrected chi connectivity index (χ4v) is 3.60. The van der Waals surface area contributed by atoms with Crippen LogP contribution in [0.25, 0.3) is 11.7 Å². The third kappa shape index (κ3) is 3.32. The van der Waals surface area contributed by atoms with Gasteiger partial charge in [0.15, 0.2) is 0 Å². The third-order valence-corrected chi connectivity index (χ3v) is 5.29. The van der Waals surface area contributed by atoms with Gasteiger partial charge in [0.05, 0.1) is 10.5 Å². The summed E-state index contributed by atoms with van der Waals surface area (Å²) < 4.78 is 1.98. The minimum Gasteiger partial charge on any atom is -0.369 e. The SMILES string of the molecule is CCCNc1nc2ccc(C)cn2c(=O)c1C=C1SC(=S)N(C)C1=O. The van der Waals surface area contributed by atoms with Crippen molar-refractivity contribution in [3.63, 3.8) is 0 Å². The summed E-state index contributed by atoms with van der Waals surface area (Å²) in [7, 11) is 1.63. The van der Waals surface area contributed by atoms with E-state index in [1.165, 1.54) is 21.1 Å². The molecule has 3 heterocycles. The van der Waals surface area contributed by atoms with Crippen LogP contribution in [0, 0.1) is 6.92 Å². The zero-order valence-corrected chi connectivity index (χ0v) is 15.8. The fourth-order valence-electron chi connectivity index (χ4n) is 2.44. The molecular formula is C17H18N4O2S2. The number of anilines is 1. The number of carbonyl (C=O) groups excluding carboxylic acids is 1. The molecule has 1 fully saturated rings. The van der Waals surface area contributed by atoms with E-state index in [2.05, 4.69) is 10.3 Å². The van der Waals surface area contributed by atoms with Crippen LogP contribution < -0.4 is 10.9 Å². The second-order valence-corrected chi connectivity index (χ2v) is 7.46. The summed E-state index contributed by atoms with van der Waals surface area (Å²) in [6.45, 7) is 4.63. The maximum atomic E-state index is 13.0. The van der Waals surface area contributed by atoms with Crippen LogP contribution in [0.3, 0.4) is 0 Å². The van der Waals surface area contributed by atoms with Crippen molar-refractivity contribution < 1.29 is 4.79 Å². The highest BCUT2D eigenvalue weighted by Crippen LogP contribution is 2.31. The molecule has 0 atom stereocenters. The first-order chi connectivity index (χ1) is 11.9. The molecule has 3 rings (SSSR count). The molecule has 6 nitrogen and oxygen atoms in total. The first kappa shape index (κ1) is 17.6. The highest BCUT2D eigenvalue weighted by atomic mass is 32.2. The molecule has 1 aliphatic heterocycles. The Morgan fingerprint density at radius 2 is 2.12 bits per heavy atom.